The molecule has 0 aliphatic heterocycles. The third kappa shape index (κ3) is 5.14. The Bertz CT molecular complexity index is 399. The zero-order valence-electron chi connectivity index (χ0n) is 10.3. The number of hydrogen-bond acceptors (Lipinski definition) is 2. The SMILES string of the molecule is CCCCOCCNC(=O)c1ccc(Br)c(F)c1. The van der Waals surface area contributed by atoms with Gasteiger partial charge in [0.2, 0.25) is 0 Å². The highest BCUT2D eigenvalue weighted by atomic mass is 79.9. The summed E-state index contributed by atoms with van der Waals surface area (Å²) in [5.74, 6) is -0.734. The lowest BCUT2D eigenvalue weighted by molar-refractivity contribution is 0.0912. The second kappa shape index (κ2) is 8.21. The molecule has 1 N–H and O–H groups in total. The number of nitrogens with one attached hydrogen (secondary N) is 1. The summed E-state index contributed by atoms with van der Waals surface area (Å²) in [6.07, 6.45) is 2.11. The Morgan fingerprint density at radius 3 is 2.89 bits per heavy atom. The molecule has 0 aromatic heterocycles. The minimum absolute atomic E-state index is 0.291. The van der Waals surface area contributed by atoms with Crippen molar-refractivity contribution < 1.29 is 13.9 Å². The quantitative estimate of drug-likeness (QED) is 0.785. The Morgan fingerprint density at radius 2 is 2.22 bits per heavy atom. The number of carbonyl (C=O) groups excluding carboxylic acids is 1. The molecule has 1 aromatic rings. The first kappa shape index (κ1) is 15.1. The van der Waals surface area contributed by atoms with Crippen LogP contribution in [0.1, 0.15) is 30.1 Å². The molecule has 0 spiro atoms. The molecule has 100 valence electrons. The van der Waals surface area contributed by atoms with E-state index in [1.807, 2.05) is 0 Å². The normalized spacial score (nSPS) is 10.4. The second-order valence-corrected chi connectivity index (χ2v) is 4.71. The van der Waals surface area contributed by atoms with Gasteiger partial charge in [-0.15, -0.1) is 0 Å². The van der Waals surface area contributed by atoms with E-state index < -0.39 is 5.82 Å². The highest BCUT2D eigenvalue weighted by molar-refractivity contribution is 9.10. The molecule has 1 aromatic carbocycles. The first-order valence-electron chi connectivity index (χ1n) is 5.96. The zero-order chi connectivity index (χ0) is 13.4. The van der Waals surface area contributed by atoms with Crippen molar-refractivity contribution in [1.29, 1.82) is 0 Å². The lowest BCUT2D eigenvalue weighted by Gasteiger charge is -2.06. The predicted molar refractivity (Wildman–Crippen MR) is 72.2 cm³/mol. The molecule has 0 atom stereocenters. The van der Waals surface area contributed by atoms with Crippen molar-refractivity contribution in [1.82, 2.24) is 5.32 Å². The van der Waals surface area contributed by atoms with Crippen LogP contribution in [0.2, 0.25) is 0 Å². The van der Waals surface area contributed by atoms with Crippen LogP contribution in [0.15, 0.2) is 22.7 Å². The van der Waals surface area contributed by atoms with Crippen LogP contribution in [0.3, 0.4) is 0 Å². The summed E-state index contributed by atoms with van der Waals surface area (Å²) in [5, 5.41) is 2.68. The maximum Gasteiger partial charge on any atom is 0.251 e. The largest absolute Gasteiger partial charge is 0.380 e. The summed E-state index contributed by atoms with van der Waals surface area (Å²) in [4.78, 5) is 11.6. The van der Waals surface area contributed by atoms with E-state index in [1.165, 1.54) is 12.1 Å². The highest BCUT2D eigenvalue weighted by Gasteiger charge is 2.07. The van der Waals surface area contributed by atoms with Gasteiger partial charge in [0.1, 0.15) is 5.82 Å². The Hall–Kier alpha value is -0.940. The van der Waals surface area contributed by atoms with Crippen LogP contribution in [0.4, 0.5) is 4.39 Å². The number of amides is 1. The molecule has 0 radical (unpaired) electrons. The van der Waals surface area contributed by atoms with Crippen molar-refractivity contribution in [3.8, 4) is 0 Å². The molecule has 0 aliphatic rings. The summed E-state index contributed by atoms with van der Waals surface area (Å²) in [6, 6.07) is 4.29. The third-order valence-corrected chi connectivity index (χ3v) is 3.00. The van der Waals surface area contributed by atoms with Crippen molar-refractivity contribution in [3.63, 3.8) is 0 Å². The van der Waals surface area contributed by atoms with Crippen LogP contribution < -0.4 is 5.32 Å². The van der Waals surface area contributed by atoms with Crippen LogP contribution in [-0.2, 0) is 4.74 Å². The molecule has 0 saturated heterocycles. The molecule has 5 heteroatoms. The summed E-state index contributed by atoms with van der Waals surface area (Å²) in [6.45, 7) is 3.71. The van der Waals surface area contributed by atoms with E-state index in [9.17, 15) is 9.18 Å². The summed E-state index contributed by atoms with van der Waals surface area (Å²) < 4.78 is 18.9. The second-order valence-electron chi connectivity index (χ2n) is 3.85. The van der Waals surface area contributed by atoms with E-state index >= 15 is 0 Å². The van der Waals surface area contributed by atoms with E-state index in [2.05, 4.69) is 28.2 Å². The third-order valence-electron chi connectivity index (χ3n) is 2.36. The molecule has 0 fully saturated rings. The fourth-order valence-electron chi connectivity index (χ4n) is 1.32. The number of ether oxygens (including phenoxy) is 1. The molecule has 1 amide bonds. The van der Waals surface area contributed by atoms with Crippen molar-refractivity contribution >= 4 is 21.8 Å². The van der Waals surface area contributed by atoms with Crippen molar-refractivity contribution in [3.05, 3.63) is 34.1 Å². The van der Waals surface area contributed by atoms with Gasteiger partial charge in [-0.1, -0.05) is 13.3 Å². The van der Waals surface area contributed by atoms with Gasteiger partial charge in [0.15, 0.2) is 0 Å². The molecular weight excluding hydrogens is 301 g/mol. The lowest BCUT2D eigenvalue weighted by atomic mass is 10.2. The number of halogens is 2. The average Bonchev–Trinajstić information content (AvgIpc) is 2.36. The molecular formula is C13H17BrFNO2. The average molecular weight is 318 g/mol. The highest BCUT2D eigenvalue weighted by Crippen LogP contribution is 2.16. The Morgan fingerprint density at radius 1 is 1.44 bits per heavy atom. The van der Waals surface area contributed by atoms with E-state index in [-0.39, 0.29) is 5.91 Å². The van der Waals surface area contributed by atoms with Crippen LogP contribution >= 0.6 is 15.9 Å². The smallest absolute Gasteiger partial charge is 0.251 e. The lowest BCUT2D eigenvalue weighted by Crippen LogP contribution is -2.27. The fourth-order valence-corrected chi connectivity index (χ4v) is 1.57. The Kier molecular flexibility index (Phi) is 6.90. The minimum atomic E-state index is -0.443. The van der Waals surface area contributed by atoms with Crippen molar-refractivity contribution in [2.75, 3.05) is 19.8 Å². The molecule has 18 heavy (non-hydrogen) atoms. The van der Waals surface area contributed by atoms with Gasteiger partial charge in [-0.25, -0.2) is 4.39 Å². The van der Waals surface area contributed by atoms with Gasteiger partial charge < -0.3 is 10.1 Å². The summed E-state index contributed by atoms with van der Waals surface area (Å²) >= 11 is 3.04. The zero-order valence-corrected chi connectivity index (χ0v) is 11.9. The van der Waals surface area contributed by atoms with Gasteiger partial charge >= 0.3 is 0 Å². The summed E-state index contributed by atoms with van der Waals surface area (Å²) in [5.41, 5.74) is 0.309. The number of hydrogen-bond donors (Lipinski definition) is 1. The molecule has 0 saturated carbocycles. The van der Waals surface area contributed by atoms with E-state index in [0.717, 1.165) is 12.8 Å². The number of benzene rings is 1. The summed E-state index contributed by atoms with van der Waals surface area (Å²) in [7, 11) is 0. The van der Waals surface area contributed by atoms with Crippen LogP contribution in [-0.4, -0.2) is 25.7 Å². The Balaban J connectivity index is 2.30. The topological polar surface area (TPSA) is 38.3 Å². The van der Waals surface area contributed by atoms with Crippen LogP contribution in [0.5, 0.6) is 0 Å². The predicted octanol–water partition coefficient (Wildman–Crippen LogP) is 3.13. The molecule has 0 heterocycles. The fraction of sp³-hybridized carbons (Fsp3) is 0.462. The molecule has 0 aliphatic carbocycles. The van der Waals surface area contributed by atoms with Crippen molar-refractivity contribution in [2.24, 2.45) is 0 Å². The van der Waals surface area contributed by atoms with Crippen LogP contribution in [0, 0.1) is 5.82 Å². The molecule has 1 rings (SSSR count). The first-order valence-corrected chi connectivity index (χ1v) is 6.75. The van der Waals surface area contributed by atoms with Gasteiger partial charge in [-0.2, -0.15) is 0 Å². The Labute approximate surface area is 115 Å². The number of unbranched alkanes of at least 4 members (excludes halogenated alkanes) is 1. The van der Waals surface area contributed by atoms with Gasteiger partial charge in [-0.05, 0) is 40.5 Å². The van der Waals surface area contributed by atoms with Crippen LogP contribution in [0.25, 0.3) is 0 Å². The maximum absolute atomic E-state index is 13.2. The molecule has 0 bridgehead atoms. The molecule has 0 unspecified atom stereocenters. The van der Waals surface area contributed by atoms with Gasteiger partial charge in [0, 0.05) is 18.7 Å². The van der Waals surface area contributed by atoms with E-state index in [1.54, 1.807) is 6.07 Å². The van der Waals surface area contributed by atoms with Crippen molar-refractivity contribution in [2.45, 2.75) is 19.8 Å². The minimum Gasteiger partial charge on any atom is -0.380 e. The van der Waals surface area contributed by atoms with Gasteiger partial charge in [-0.3, -0.25) is 4.79 Å². The maximum atomic E-state index is 13.2. The first-order chi connectivity index (χ1) is 8.65. The van der Waals surface area contributed by atoms with Gasteiger partial charge in [0.05, 0.1) is 11.1 Å². The van der Waals surface area contributed by atoms with E-state index in [4.69, 9.17) is 4.74 Å². The standard InChI is InChI=1S/C13H17BrFNO2/c1-2-3-7-18-8-6-16-13(17)10-4-5-11(14)12(15)9-10/h4-5,9H,2-3,6-8H2,1H3,(H,16,17). The van der Waals surface area contributed by atoms with E-state index in [0.29, 0.717) is 29.8 Å². The molecule has 3 nitrogen and oxygen atoms in total. The number of carbonyl (C=O) groups is 1. The number of rotatable bonds is 7. The monoisotopic (exact) mass is 317 g/mol. The van der Waals surface area contributed by atoms with Gasteiger partial charge in [0.25, 0.3) is 5.91 Å².